The Bertz CT molecular complexity index is 685. The van der Waals surface area contributed by atoms with Crippen LogP contribution >= 0.6 is 0 Å². The summed E-state index contributed by atoms with van der Waals surface area (Å²) in [4.78, 5) is 23.3. The summed E-state index contributed by atoms with van der Waals surface area (Å²) in [6.45, 7) is 0. The van der Waals surface area contributed by atoms with E-state index in [4.69, 9.17) is 0 Å². The van der Waals surface area contributed by atoms with Crippen molar-refractivity contribution in [2.24, 2.45) is 0 Å². The lowest BCUT2D eigenvalue weighted by atomic mass is 10.3. The highest BCUT2D eigenvalue weighted by Crippen LogP contribution is 2.16. The van der Waals surface area contributed by atoms with Gasteiger partial charge in [0.1, 0.15) is 6.33 Å². The molecule has 16 heavy (non-hydrogen) atoms. The third-order valence-corrected chi connectivity index (χ3v) is 2.25. The van der Waals surface area contributed by atoms with Gasteiger partial charge in [-0.05, 0) is 6.07 Å². The van der Waals surface area contributed by atoms with E-state index in [-0.39, 0.29) is 5.56 Å². The molecule has 0 aromatic carbocycles. The van der Waals surface area contributed by atoms with Crippen LogP contribution in [0.15, 0.2) is 41.8 Å². The summed E-state index contributed by atoms with van der Waals surface area (Å²) in [5, 5.41) is 2.68. The van der Waals surface area contributed by atoms with Crippen LogP contribution in [0, 0.1) is 0 Å². The van der Waals surface area contributed by atoms with Gasteiger partial charge in [-0.25, -0.2) is 19.5 Å². The first-order chi connectivity index (χ1) is 7.84. The maximum Gasteiger partial charge on any atom is 0.263 e. The van der Waals surface area contributed by atoms with E-state index in [0.29, 0.717) is 5.65 Å². The Kier molecular flexibility index (Phi) is 1.79. The van der Waals surface area contributed by atoms with Gasteiger partial charge in [0.05, 0.1) is 11.9 Å². The van der Waals surface area contributed by atoms with Crippen LogP contribution in [0.2, 0.25) is 0 Å². The maximum absolute atomic E-state index is 11.2. The van der Waals surface area contributed by atoms with Gasteiger partial charge in [-0.15, -0.1) is 0 Å². The second-order valence-electron chi connectivity index (χ2n) is 3.27. The lowest BCUT2D eigenvalue weighted by molar-refractivity contribution is 0.909. The normalized spacial score (nSPS) is 10.8. The zero-order valence-corrected chi connectivity index (χ0v) is 8.16. The Hall–Kier alpha value is -2.50. The Morgan fingerprint density at radius 1 is 1.12 bits per heavy atom. The quantitative estimate of drug-likeness (QED) is 0.637. The second kappa shape index (κ2) is 3.27. The lowest BCUT2D eigenvalue weighted by Gasteiger charge is -1.99. The van der Waals surface area contributed by atoms with Crippen molar-refractivity contribution in [3.8, 4) is 11.3 Å². The molecule has 78 valence electrons. The van der Waals surface area contributed by atoms with E-state index in [9.17, 15) is 4.79 Å². The van der Waals surface area contributed by atoms with Crippen molar-refractivity contribution in [2.45, 2.75) is 0 Å². The predicted molar refractivity (Wildman–Crippen MR) is 56.8 cm³/mol. The molecule has 0 atom stereocenters. The molecule has 0 spiro atoms. The van der Waals surface area contributed by atoms with Crippen LogP contribution in [0.1, 0.15) is 0 Å². The minimum Gasteiger partial charge on any atom is -0.268 e. The highest BCUT2D eigenvalue weighted by atomic mass is 16.1. The van der Waals surface area contributed by atoms with Gasteiger partial charge in [0, 0.05) is 24.0 Å². The number of fused-ring (bicyclic) bond motifs is 1. The van der Waals surface area contributed by atoms with Gasteiger partial charge in [0.2, 0.25) is 0 Å². The van der Waals surface area contributed by atoms with Crippen molar-refractivity contribution in [3.63, 3.8) is 0 Å². The van der Waals surface area contributed by atoms with E-state index in [0.717, 1.165) is 11.3 Å². The fourth-order valence-electron chi connectivity index (χ4n) is 1.53. The average Bonchev–Trinajstić information content (AvgIpc) is 2.73. The van der Waals surface area contributed by atoms with Crippen molar-refractivity contribution in [1.29, 1.82) is 0 Å². The van der Waals surface area contributed by atoms with Crippen LogP contribution in [-0.2, 0) is 0 Å². The second-order valence-corrected chi connectivity index (χ2v) is 3.27. The van der Waals surface area contributed by atoms with Gasteiger partial charge >= 0.3 is 0 Å². The number of nitrogens with one attached hydrogen (secondary N) is 1. The summed E-state index contributed by atoms with van der Waals surface area (Å²) in [6, 6.07) is 3.10. The van der Waals surface area contributed by atoms with E-state index in [1.807, 2.05) is 0 Å². The van der Waals surface area contributed by atoms with Gasteiger partial charge in [-0.2, -0.15) is 0 Å². The first-order valence-electron chi connectivity index (χ1n) is 4.67. The number of aromatic amines is 1. The van der Waals surface area contributed by atoms with Crippen molar-refractivity contribution >= 4 is 5.65 Å². The summed E-state index contributed by atoms with van der Waals surface area (Å²) in [6.07, 6.45) is 6.46. The lowest BCUT2D eigenvalue weighted by Crippen LogP contribution is -2.09. The van der Waals surface area contributed by atoms with E-state index in [1.54, 1.807) is 29.2 Å². The fourth-order valence-corrected chi connectivity index (χ4v) is 1.53. The number of aromatic nitrogens is 5. The van der Waals surface area contributed by atoms with Gasteiger partial charge in [-0.1, -0.05) is 0 Å². The molecule has 0 fully saturated rings. The van der Waals surface area contributed by atoms with Gasteiger partial charge < -0.3 is 0 Å². The molecule has 0 aliphatic rings. The monoisotopic (exact) mass is 213 g/mol. The van der Waals surface area contributed by atoms with Gasteiger partial charge in [0.15, 0.2) is 5.65 Å². The minimum absolute atomic E-state index is 0.177. The Morgan fingerprint density at radius 3 is 2.75 bits per heavy atom. The highest BCUT2D eigenvalue weighted by Gasteiger charge is 2.06. The minimum atomic E-state index is -0.177. The number of imidazole rings is 1. The molecule has 0 aliphatic carbocycles. The molecule has 0 saturated carbocycles. The molecule has 3 rings (SSSR count). The van der Waals surface area contributed by atoms with E-state index in [1.165, 1.54) is 12.4 Å². The van der Waals surface area contributed by atoms with Crippen molar-refractivity contribution in [3.05, 3.63) is 47.4 Å². The fraction of sp³-hybridized carbons (Fsp3) is 0. The average molecular weight is 213 g/mol. The van der Waals surface area contributed by atoms with Crippen LogP contribution in [-0.4, -0.2) is 24.6 Å². The standard InChI is InChI=1S/C10H7N5O/c16-10-2-1-9-13-5-8(15(9)14-10)7-3-11-6-12-4-7/h1-6H,(H,14,16). The summed E-state index contributed by atoms with van der Waals surface area (Å²) in [7, 11) is 0. The largest absolute Gasteiger partial charge is 0.268 e. The topological polar surface area (TPSA) is 75.9 Å². The van der Waals surface area contributed by atoms with Crippen molar-refractivity contribution in [1.82, 2.24) is 24.6 Å². The van der Waals surface area contributed by atoms with Gasteiger partial charge in [0.25, 0.3) is 5.56 Å². The Labute approximate surface area is 89.6 Å². The summed E-state index contributed by atoms with van der Waals surface area (Å²) in [5.41, 5.74) is 2.06. The summed E-state index contributed by atoms with van der Waals surface area (Å²) < 4.78 is 1.61. The Balaban J connectivity index is 2.33. The number of nitrogens with zero attached hydrogens (tertiary/aromatic N) is 4. The van der Waals surface area contributed by atoms with Crippen LogP contribution in [0.25, 0.3) is 16.9 Å². The van der Waals surface area contributed by atoms with E-state index < -0.39 is 0 Å². The maximum atomic E-state index is 11.2. The molecule has 3 aromatic heterocycles. The highest BCUT2D eigenvalue weighted by molar-refractivity contribution is 5.60. The first kappa shape index (κ1) is 8.78. The molecule has 6 heteroatoms. The molecule has 0 saturated heterocycles. The van der Waals surface area contributed by atoms with Crippen molar-refractivity contribution in [2.75, 3.05) is 0 Å². The molecule has 0 amide bonds. The molecule has 6 nitrogen and oxygen atoms in total. The Morgan fingerprint density at radius 2 is 1.94 bits per heavy atom. The van der Waals surface area contributed by atoms with Crippen LogP contribution in [0.5, 0.6) is 0 Å². The van der Waals surface area contributed by atoms with Gasteiger partial charge in [-0.3, -0.25) is 9.89 Å². The third kappa shape index (κ3) is 1.28. The molecule has 1 N–H and O–H groups in total. The zero-order chi connectivity index (χ0) is 11.0. The molecule has 0 unspecified atom stereocenters. The van der Waals surface area contributed by atoms with Crippen molar-refractivity contribution < 1.29 is 0 Å². The SMILES string of the molecule is O=c1ccc2ncc(-c3cncnc3)n2[nH]1. The zero-order valence-electron chi connectivity index (χ0n) is 8.16. The molecule has 0 aliphatic heterocycles. The third-order valence-electron chi connectivity index (χ3n) is 2.25. The van der Waals surface area contributed by atoms with Crippen LogP contribution < -0.4 is 5.56 Å². The molecule has 3 aromatic rings. The van der Waals surface area contributed by atoms with E-state index >= 15 is 0 Å². The number of hydrogen-bond donors (Lipinski definition) is 1. The number of H-pyrrole nitrogens is 1. The summed E-state index contributed by atoms with van der Waals surface area (Å²) >= 11 is 0. The van der Waals surface area contributed by atoms with E-state index in [2.05, 4.69) is 20.1 Å². The predicted octanol–water partition coefficient (Wildman–Crippen LogP) is 0.480. The molecule has 3 heterocycles. The van der Waals surface area contributed by atoms with Crippen LogP contribution in [0.4, 0.5) is 0 Å². The summed E-state index contributed by atoms with van der Waals surface area (Å²) in [5.74, 6) is 0. The molecule has 0 bridgehead atoms. The molecular weight excluding hydrogens is 206 g/mol. The first-order valence-corrected chi connectivity index (χ1v) is 4.67. The number of rotatable bonds is 1. The van der Waals surface area contributed by atoms with Crippen LogP contribution in [0.3, 0.4) is 0 Å². The molecule has 0 radical (unpaired) electrons. The number of hydrogen-bond acceptors (Lipinski definition) is 4. The molecular formula is C10H7N5O. The smallest absolute Gasteiger partial charge is 0.263 e.